The maximum Gasteiger partial charge on any atom is 0.251 e. The predicted octanol–water partition coefficient (Wildman–Crippen LogP) is -0.600. The lowest BCUT2D eigenvalue weighted by Gasteiger charge is -2.25. The molecule has 2 aromatic carbocycles. The van der Waals surface area contributed by atoms with Gasteiger partial charge >= 0.3 is 0 Å². The second kappa shape index (κ2) is 5.77. The fourth-order valence-corrected chi connectivity index (χ4v) is 2.44. The van der Waals surface area contributed by atoms with Crippen LogP contribution in [0.1, 0.15) is 15.9 Å². The molecule has 0 atom stereocenters. The average Bonchev–Trinajstić information content (AvgIpc) is 2.48. The zero-order valence-corrected chi connectivity index (χ0v) is 13.2. The summed E-state index contributed by atoms with van der Waals surface area (Å²) in [5.74, 6) is -1.25. The van der Waals surface area contributed by atoms with Crippen LogP contribution in [0.4, 0.5) is 17.1 Å². The van der Waals surface area contributed by atoms with Gasteiger partial charge in [0, 0.05) is 18.8 Å². The number of primary amides is 1. The topological polar surface area (TPSA) is 117 Å². The molecular weight excluding hydrogens is 322 g/mol. The number of phenols is 2. The molecule has 0 aliphatic carbocycles. The molecule has 1 aliphatic heterocycles. The third-order valence-corrected chi connectivity index (χ3v) is 3.57. The molecule has 0 saturated heterocycles. The molecule has 1 aliphatic rings. The summed E-state index contributed by atoms with van der Waals surface area (Å²) >= 11 is 0. The molecule has 0 radical (unpaired) electrons. The summed E-state index contributed by atoms with van der Waals surface area (Å²) in [6.45, 7) is 1.92. The summed E-state index contributed by atoms with van der Waals surface area (Å²) in [5.41, 5.74) is 8.05. The summed E-state index contributed by atoms with van der Waals surface area (Å²) < 4.78 is 5.66. The highest BCUT2D eigenvalue weighted by Crippen LogP contribution is 2.52. The van der Waals surface area contributed by atoms with E-state index in [1.807, 2.05) is 13.0 Å². The summed E-state index contributed by atoms with van der Waals surface area (Å²) in [5, 5.41) is 25.8. The second-order valence-electron chi connectivity index (χ2n) is 5.00. The summed E-state index contributed by atoms with van der Waals surface area (Å²) in [7, 11) is 1.79. The van der Waals surface area contributed by atoms with E-state index in [1.54, 1.807) is 13.1 Å². The molecule has 1 amide bonds. The van der Waals surface area contributed by atoms with Crippen LogP contribution in [-0.4, -0.2) is 23.2 Å². The van der Waals surface area contributed by atoms with Gasteiger partial charge in [0.2, 0.25) is 5.75 Å². The fraction of sp³-hybridized carbons (Fsp3) is 0.133. The van der Waals surface area contributed by atoms with E-state index < -0.39 is 17.4 Å². The monoisotopic (exact) mass is 336 g/mol. The van der Waals surface area contributed by atoms with Gasteiger partial charge in [-0.25, -0.2) is 0 Å². The van der Waals surface area contributed by atoms with Crippen molar-refractivity contribution < 1.29 is 32.2 Å². The summed E-state index contributed by atoms with van der Waals surface area (Å²) in [4.78, 5) is 11.5. The normalized spacial score (nSPS) is 11.2. The lowest BCUT2D eigenvalue weighted by molar-refractivity contribution is -0.0000147. The van der Waals surface area contributed by atoms with Gasteiger partial charge < -0.3 is 43.7 Å². The molecule has 0 spiro atoms. The highest BCUT2D eigenvalue weighted by Gasteiger charge is 2.27. The van der Waals surface area contributed by atoms with Crippen molar-refractivity contribution in [2.75, 3.05) is 17.7 Å². The molecule has 6 N–H and O–H groups in total. The van der Waals surface area contributed by atoms with Crippen molar-refractivity contribution in [2.24, 2.45) is 5.73 Å². The van der Waals surface area contributed by atoms with Crippen LogP contribution in [-0.2, 0) is 0 Å². The molecule has 0 bridgehead atoms. The van der Waals surface area contributed by atoms with Crippen LogP contribution in [0.5, 0.6) is 23.0 Å². The van der Waals surface area contributed by atoms with Gasteiger partial charge in [-0.05, 0) is 24.6 Å². The van der Waals surface area contributed by atoms with E-state index in [1.165, 1.54) is 0 Å². The fourth-order valence-electron chi connectivity index (χ4n) is 2.44. The molecular formula is C15H15ClN3O4-. The van der Waals surface area contributed by atoms with Gasteiger partial charge in [-0.1, -0.05) is 0 Å². The highest BCUT2D eigenvalue weighted by atomic mass is 35.5. The Balaban J connectivity index is 0.00000192. The average molecular weight is 337 g/mol. The van der Waals surface area contributed by atoms with E-state index >= 15 is 0 Å². The van der Waals surface area contributed by atoms with E-state index in [9.17, 15) is 15.0 Å². The minimum Gasteiger partial charge on any atom is -1.00 e. The van der Waals surface area contributed by atoms with Gasteiger partial charge in [-0.15, -0.1) is 0 Å². The van der Waals surface area contributed by atoms with Crippen LogP contribution < -0.4 is 33.5 Å². The van der Waals surface area contributed by atoms with Crippen molar-refractivity contribution in [1.82, 2.24) is 0 Å². The highest BCUT2D eigenvalue weighted by molar-refractivity contribution is 6.03. The number of carbonyl (C=O) groups excluding carboxylic acids is 1. The van der Waals surface area contributed by atoms with Crippen LogP contribution >= 0.6 is 0 Å². The maximum absolute atomic E-state index is 11.5. The van der Waals surface area contributed by atoms with Gasteiger partial charge in [-0.3, -0.25) is 4.79 Å². The smallest absolute Gasteiger partial charge is 0.251 e. The minimum atomic E-state index is -0.741. The number of aryl methyl sites for hydroxylation is 1. The molecule has 23 heavy (non-hydrogen) atoms. The number of benzene rings is 2. The SMILES string of the molecule is CNc1cc2c(cc1C)Nc1c(C(N)=O)cc(O)c(O)c1O2.[Cl-]. The molecule has 8 heteroatoms. The number of aromatic hydroxyl groups is 2. The van der Waals surface area contributed by atoms with Crippen molar-refractivity contribution in [3.05, 3.63) is 29.3 Å². The first-order chi connectivity index (χ1) is 10.4. The number of rotatable bonds is 2. The Labute approximate surface area is 138 Å². The predicted molar refractivity (Wildman–Crippen MR) is 82.4 cm³/mol. The van der Waals surface area contributed by atoms with Crippen molar-refractivity contribution in [2.45, 2.75) is 6.92 Å². The van der Waals surface area contributed by atoms with E-state index in [4.69, 9.17) is 10.5 Å². The van der Waals surface area contributed by atoms with Crippen LogP contribution in [0.2, 0.25) is 0 Å². The first-order valence-electron chi connectivity index (χ1n) is 6.58. The number of hydrogen-bond donors (Lipinski definition) is 5. The molecule has 122 valence electrons. The van der Waals surface area contributed by atoms with E-state index in [0.29, 0.717) is 11.4 Å². The molecule has 2 aromatic rings. The number of fused-ring (bicyclic) bond motifs is 2. The first kappa shape index (κ1) is 16.6. The van der Waals surface area contributed by atoms with Gasteiger partial charge in [-0.2, -0.15) is 0 Å². The lowest BCUT2D eigenvalue weighted by Crippen LogP contribution is -3.00. The Morgan fingerprint density at radius 2 is 2.00 bits per heavy atom. The van der Waals surface area contributed by atoms with Crippen molar-refractivity contribution in [3.63, 3.8) is 0 Å². The van der Waals surface area contributed by atoms with Crippen LogP contribution in [0.15, 0.2) is 18.2 Å². The minimum absolute atomic E-state index is 0. The zero-order chi connectivity index (χ0) is 16.0. The van der Waals surface area contributed by atoms with E-state index in [-0.39, 0.29) is 29.4 Å². The van der Waals surface area contributed by atoms with Gasteiger partial charge in [0.1, 0.15) is 0 Å². The molecule has 1 heterocycles. The van der Waals surface area contributed by atoms with Crippen molar-refractivity contribution >= 4 is 23.0 Å². The first-order valence-corrected chi connectivity index (χ1v) is 6.58. The Morgan fingerprint density at radius 1 is 1.30 bits per heavy atom. The molecule has 0 aromatic heterocycles. The van der Waals surface area contributed by atoms with E-state index in [0.717, 1.165) is 17.3 Å². The summed E-state index contributed by atoms with van der Waals surface area (Å²) in [6, 6.07) is 4.71. The van der Waals surface area contributed by atoms with Crippen molar-refractivity contribution in [1.29, 1.82) is 0 Å². The number of hydrogen-bond acceptors (Lipinski definition) is 6. The van der Waals surface area contributed by atoms with Crippen LogP contribution in [0.25, 0.3) is 0 Å². The number of anilines is 3. The van der Waals surface area contributed by atoms with Gasteiger partial charge in [0.05, 0.1) is 16.9 Å². The number of ether oxygens (including phenoxy) is 1. The van der Waals surface area contributed by atoms with Gasteiger partial charge in [0.15, 0.2) is 17.2 Å². The quantitative estimate of drug-likeness (QED) is 0.315. The number of nitrogens with two attached hydrogens (primary N) is 1. The Morgan fingerprint density at radius 3 is 2.61 bits per heavy atom. The van der Waals surface area contributed by atoms with E-state index in [2.05, 4.69) is 10.6 Å². The lowest BCUT2D eigenvalue weighted by atomic mass is 10.1. The summed E-state index contributed by atoms with van der Waals surface area (Å²) in [6.07, 6.45) is 0. The number of nitrogens with one attached hydrogen (secondary N) is 2. The molecule has 7 nitrogen and oxygen atoms in total. The molecule has 0 unspecified atom stereocenters. The third-order valence-electron chi connectivity index (χ3n) is 3.57. The zero-order valence-electron chi connectivity index (χ0n) is 12.4. The largest absolute Gasteiger partial charge is 1.00 e. The Kier molecular flexibility index (Phi) is 4.16. The van der Waals surface area contributed by atoms with Gasteiger partial charge in [0.25, 0.3) is 5.91 Å². The number of phenolic OH excluding ortho intramolecular Hbond substituents is 2. The maximum atomic E-state index is 11.5. The third kappa shape index (κ3) is 2.55. The van der Waals surface area contributed by atoms with Crippen LogP contribution in [0, 0.1) is 6.92 Å². The molecule has 3 rings (SSSR count). The molecule has 0 saturated carbocycles. The Bertz CT molecular complexity index is 808. The van der Waals surface area contributed by atoms with Crippen molar-refractivity contribution in [3.8, 4) is 23.0 Å². The van der Waals surface area contributed by atoms with Crippen LogP contribution in [0.3, 0.4) is 0 Å². The molecule has 0 fully saturated rings. The standard InChI is InChI=1S/C15H15N3O4.ClH/c1-6-3-9-11(5-8(6)17-2)22-14-12(18-9)7(15(16)21)4-10(19)13(14)20;/h3-5,17-20H,1-2H3,(H2,16,21);1H/p-1. The number of halogens is 1. The Hall–Kier alpha value is -2.80. The number of carbonyl (C=O) groups is 1. The number of amides is 1. The second-order valence-corrected chi connectivity index (χ2v) is 5.00.